The lowest BCUT2D eigenvalue weighted by molar-refractivity contribution is -0.131. The van der Waals surface area contributed by atoms with E-state index >= 15 is 0 Å². The van der Waals surface area contributed by atoms with Crippen molar-refractivity contribution in [1.29, 1.82) is 5.26 Å². The van der Waals surface area contributed by atoms with Gasteiger partial charge in [-0.05, 0) is 69.0 Å². The van der Waals surface area contributed by atoms with Crippen molar-refractivity contribution < 1.29 is 23.0 Å². The summed E-state index contributed by atoms with van der Waals surface area (Å²) < 4.78 is 41.7. The SMILES string of the molecule is C=C(F)C(=O)N1CCN(c2nc(OC[C@@]34CCCN3C[C@H](F)C4)nc3c(OC4CC4)c(-c4cccc5c4CCCC5)ncc23)C[C@@H]1CC#N. The Morgan fingerprint density at radius 2 is 1.98 bits per heavy atom. The van der Waals surface area contributed by atoms with Crippen molar-refractivity contribution in [3.05, 3.63) is 47.9 Å². The largest absolute Gasteiger partial charge is 0.486 e. The third-order valence-corrected chi connectivity index (χ3v) is 11.0. The lowest BCUT2D eigenvalue weighted by atomic mass is 9.87. The van der Waals surface area contributed by atoms with Crippen LogP contribution in [-0.2, 0) is 17.6 Å². The fourth-order valence-corrected chi connectivity index (χ4v) is 8.39. The zero-order valence-corrected chi connectivity index (χ0v) is 27.7. The van der Waals surface area contributed by atoms with Crippen molar-refractivity contribution in [1.82, 2.24) is 24.8 Å². The minimum absolute atomic E-state index is 0.0161. The number of aromatic nitrogens is 3. The van der Waals surface area contributed by atoms with E-state index in [9.17, 15) is 18.8 Å². The van der Waals surface area contributed by atoms with E-state index in [0.29, 0.717) is 42.0 Å². The van der Waals surface area contributed by atoms with Gasteiger partial charge in [-0.3, -0.25) is 14.7 Å². The molecule has 3 atom stereocenters. The monoisotopic (exact) mass is 669 g/mol. The molecule has 2 aliphatic carbocycles. The van der Waals surface area contributed by atoms with Crippen LogP contribution < -0.4 is 14.4 Å². The Labute approximate surface area is 284 Å². The maximum Gasteiger partial charge on any atom is 0.319 e. The standard InChI is InChI=1S/C37H41F2N7O3/c1-23(38)35(47)46-17-16-44(21-26(46)12-14-40)34-30-19-41-31(29-9-4-7-24-6-2-3-8-28(24)29)33(49-27-10-11-27)32(30)42-36(43-34)48-22-37-13-5-15-45(37)20-25(39)18-37/h4,7,9,19,25-27H,1-3,5-6,8,10-13,15-18,20-22H2/t25-,26+,37+/m1/s1. The molecular weight excluding hydrogens is 628 g/mol. The zero-order chi connectivity index (χ0) is 33.7. The normalized spacial score (nSPS) is 25.2. The molecule has 256 valence electrons. The third-order valence-electron chi connectivity index (χ3n) is 11.0. The highest BCUT2D eigenvalue weighted by Crippen LogP contribution is 2.44. The number of fused-ring (bicyclic) bond motifs is 3. The predicted molar refractivity (Wildman–Crippen MR) is 180 cm³/mol. The number of aryl methyl sites for hydroxylation is 1. The highest BCUT2D eigenvalue weighted by molar-refractivity contribution is 5.97. The van der Waals surface area contributed by atoms with Crippen molar-refractivity contribution in [2.24, 2.45) is 0 Å². The van der Waals surface area contributed by atoms with E-state index < -0.39 is 29.5 Å². The first-order valence-electron chi connectivity index (χ1n) is 17.6. The van der Waals surface area contributed by atoms with Crippen molar-refractivity contribution in [3.63, 3.8) is 0 Å². The Balaban J connectivity index is 1.24. The van der Waals surface area contributed by atoms with E-state index in [1.54, 1.807) is 6.20 Å². The molecule has 0 spiro atoms. The molecule has 49 heavy (non-hydrogen) atoms. The summed E-state index contributed by atoms with van der Waals surface area (Å²) >= 11 is 0. The van der Waals surface area contributed by atoms with Gasteiger partial charge in [0.2, 0.25) is 0 Å². The summed E-state index contributed by atoms with van der Waals surface area (Å²) in [5.74, 6) is -0.727. The maximum atomic E-state index is 14.6. The molecule has 1 saturated carbocycles. The molecule has 0 unspecified atom stereocenters. The van der Waals surface area contributed by atoms with Crippen LogP contribution in [0.4, 0.5) is 14.6 Å². The molecule has 5 aliphatic rings. The number of nitriles is 1. The topological polar surface area (TPSA) is 108 Å². The van der Waals surface area contributed by atoms with Gasteiger partial charge in [-0.2, -0.15) is 15.2 Å². The number of anilines is 1. The number of amides is 1. The summed E-state index contributed by atoms with van der Waals surface area (Å²) in [4.78, 5) is 33.2. The average Bonchev–Trinajstić information content (AvgIpc) is 3.77. The number of hydrogen-bond donors (Lipinski definition) is 0. The predicted octanol–water partition coefficient (Wildman–Crippen LogP) is 5.48. The zero-order valence-electron chi connectivity index (χ0n) is 27.7. The summed E-state index contributed by atoms with van der Waals surface area (Å²) in [6.45, 7) is 5.47. The number of nitrogens with zero attached hydrogens (tertiary/aromatic N) is 7. The minimum Gasteiger partial charge on any atom is -0.486 e. The highest BCUT2D eigenvalue weighted by Gasteiger charge is 2.49. The first-order chi connectivity index (χ1) is 23.8. The summed E-state index contributed by atoms with van der Waals surface area (Å²) in [6.07, 6.45) is 9.40. The second kappa shape index (κ2) is 12.8. The van der Waals surface area contributed by atoms with Crippen LogP contribution >= 0.6 is 0 Å². The first-order valence-corrected chi connectivity index (χ1v) is 17.6. The molecule has 0 N–H and O–H groups in total. The number of piperazine rings is 1. The molecule has 2 aromatic heterocycles. The van der Waals surface area contributed by atoms with Gasteiger partial charge in [0, 0.05) is 44.4 Å². The molecule has 12 heteroatoms. The number of carbonyl (C=O) groups excluding carboxylic acids is 1. The van der Waals surface area contributed by atoms with Gasteiger partial charge in [-0.15, -0.1) is 0 Å². The van der Waals surface area contributed by atoms with Crippen LogP contribution in [0.5, 0.6) is 11.8 Å². The summed E-state index contributed by atoms with van der Waals surface area (Å²) in [5, 5.41) is 10.3. The quantitative estimate of drug-likeness (QED) is 0.274. The van der Waals surface area contributed by atoms with E-state index in [0.717, 1.165) is 69.2 Å². The Bertz CT molecular complexity index is 1840. The molecule has 8 rings (SSSR count). The lowest BCUT2D eigenvalue weighted by Gasteiger charge is -2.41. The second-order valence-electron chi connectivity index (χ2n) is 14.2. The van der Waals surface area contributed by atoms with Gasteiger partial charge in [-0.1, -0.05) is 24.8 Å². The van der Waals surface area contributed by atoms with E-state index in [1.165, 1.54) is 16.0 Å². The van der Waals surface area contributed by atoms with E-state index in [1.807, 2.05) is 4.90 Å². The molecule has 1 aromatic carbocycles. The molecule has 3 aromatic rings. The highest BCUT2D eigenvalue weighted by atomic mass is 19.1. The lowest BCUT2D eigenvalue weighted by Crippen LogP contribution is -2.55. The molecule has 1 amide bonds. The van der Waals surface area contributed by atoms with Crippen LogP contribution in [0.2, 0.25) is 0 Å². The van der Waals surface area contributed by atoms with Gasteiger partial charge in [0.05, 0.1) is 35.6 Å². The first kappa shape index (κ1) is 31.9. The number of benzene rings is 1. The summed E-state index contributed by atoms with van der Waals surface area (Å²) in [5.41, 5.74) is 4.61. The molecular formula is C37H41F2N7O3. The third kappa shape index (κ3) is 5.96. The number of rotatable bonds is 9. The van der Waals surface area contributed by atoms with Crippen LogP contribution in [0.1, 0.15) is 62.5 Å². The Kier molecular flexibility index (Phi) is 8.34. The number of hydrogen-bond acceptors (Lipinski definition) is 9. The molecule has 5 heterocycles. The smallest absolute Gasteiger partial charge is 0.319 e. The molecule has 3 saturated heterocycles. The number of carbonyl (C=O) groups is 1. The van der Waals surface area contributed by atoms with Gasteiger partial charge >= 0.3 is 6.01 Å². The number of halogens is 2. The van der Waals surface area contributed by atoms with Crippen molar-refractivity contribution >= 4 is 22.6 Å². The van der Waals surface area contributed by atoms with E-state index in [4.69, 9.17) is 24.4 Å². The molecule has 0 bridgehead atoms. The Morgan fingerprint density at radius 3 is 2.80 bits per heavy atom. The van der Waals surface area contributed by atoms with Gasteiger partial charge in [0.25, 0.3) is 5.91 Å². The van der Waals surface area contributed by atoms with Gasteiger partial charge in [0.15, 0.2) is 11.6 Å². The van der Waals surface area contributed by atoms with Crippen LogP contribution in [0.25, 0.3) is 22.2 Å². The molecule has 0 radical (unpaired) electrons. The molecule has 3 aliphatic heterocycles. The minimum atomic E-state index is -1.05. The van der Waals surface area contributed by atoms with Crippen LogP contribution in [-0.4, -0.2) is 93.8 Å². The maximum absolute atomic E-state index is 14.6. The molecule has 10 nitrogen and oxygen atoms in total. The Morgan fingerprint density at radius 1 is 1.12 bits per heavy atom. The average molecular weight is 670 g/mol. The van der Waals surface area contributed by atoms with E-state index in [2.05, 4.69) is 35.7 Å². The number of alkyl halides is 1. The second-order valence-corrected chi connectivity index (χ2v) is 14.2. The van der Waals surface area contributed by atoms with Crippen molar-refractivity contribution in [2.45, 2.75) is 88.1 Å². The van der Waals surface area contributed by atoms with Crippen LogP contribution in [0.3, 0.4) is 0 Å². The van der Waals surface area contributed by atoms with Crippen molar-refractivity contribution in [2.75, 3.05) is 44.2 Å². The fourth-order valence-electron chi connectivity index (χ4n) is 8.39. The van der Waals surface area contributed by atoms with E-state index in [-0.39, 0.29) is 38.2 Å². The molecule has 4 fully saturated rings. The van der Waals surface area contributed by atoms with Gasteiger partial charge < -0.3 is 19.3 Å². The van der Waals surface area contributed by atoms with Crippen LogP contribution in [0.15, 0.2) is 36.8 Å². The number of ether oxygens (including phenoxy) is 2. The Hall–Kier alpha value is -4.37. The summed E-state index contributed by atoms with van der Waals surface area (Å²) in [7, 11) is 0. The van der Waals surface area contributed by atoms with Gasteiger partial charge in [-0.25, -0.2) is 8.78 Å². The van der Waals surface area contributed by atoms with Crippen molar-refractivity contribution in [3.8, 4) is 29.1 Å². The number of pyridine rings is 1. The van der Waals surface area contributed by atoms with Crippen LogP contribution in [0, 0.1) is 11.3 Å². The van der Waals surface area contributed by atoms with Gasteiger partial charge in [0.1, 0.15) is 29.8 Å². The fraction of sp³-hybridized carbons (Fsp3) is 0.541. The summed E-state index contributed by atoms with van der Waals surface area (Å²) in [6, 6.07) is 8.12.